The summed E-state index contributed by atoms with van der Waals surface area (Å²) < 4.78 is 30.8. The average molecular weight is 442 g/mol. The molecule has 10 nitrogen and oxygen atoms in total. The van der Waals surface area contributed by atoms with E-state index in [0.29, 0.717) is 6.42 Å². The Morgan fingerprint density at radius 1 is 0.862 bits per heavy atom. The maximum absolute atomic E-state index is 11.8. The quantitative estimate of drug-likeness (QED) is 0.164. The largest absolute Gasteiger partial charge is 0.472 e. The standard InChI is InChI=1S/C18H35O10P/c1-3-4-5-6-7-8-9-10-18(22)28-17(12-20)14-26-29(23,24)25-13-16(11-19)27-15(2)21/h16-17,19-20H,3-14H2,1-2H3,(H,23,24). The molecule has 0 aliphatic rings. The van der Waals surface area contributed by atoms with Crippen LogP contribution in [-0.4, -0.2) is 65.7 Å². The summed E-state index contributed by atoms with van der Waals surface area (Å²) in [6.07, 6.45) is 5.30. The number of aliphatic hydroxyl groups excluding tert-OH is 2. The van der Waals surface area contributed by atoms with E-state index >= 15 is 0 Å². The Balaban J connectivity index is 4.12. The molecule has 0 aromatic heterocycles. The smallest absolute Gasteiger partial charge is 0.458 e. The van der Waals surface area contributed by atoms with E-state index in [0.717, 1.165) is 26.2 Å². The lowest BCUT2D eigenvalue weighted by Gasteiger charge is -2.20. The van der Waals surface area contributed by atoms with Crippen molar-refractivity contribution in [3.63, 3.8) is 0 Å². The molecule has 0 fully saturated rings. The number of rotatable bonds is 18. The monoisotopic (exact) mass is 442 g/mol. The molecule has 172 valence electrons. The lowest BCUT2D eigenvalue weighted by molar-refractivity contribution is -0.153. The van der Waals surface area contributed by atoms with Gasteiger partial charge in [-0.05, 0) is 6.42 Å². The first-order valence-corrected chi connectivity index (χ1v) is 11.4. The third kappa shape index (κ3) is 16.5. The molecule has 0 spiro atoms. The van der Waals surface area contributed by atoms with Gasteiger partial charge in [-0.3, -0.25) is 18.6 Å². The van der Waals surface area contributed by atoms with Gasteiger partial charge in [0.05, 0.1) is 26.4 Å². The highest BCUT2D eigenvalue weighted by molar-refractivity contribution is 7.47. The normalized spacial score (nSPS) is 15.3. The Labute approximate surface area is 172 Å². The predicted octanol–water partition coefficient (Wildman–Crippen LogP) is 2.09. The van der Waals surface area contributed by atoms with Crippen molar-refractivity contribution in [1.29, 1.82) is 0 Å². The number of ether oxygens (including phenoxy) is 2. The number of aliphatic hydroxyl groups is 2. The second-order valence-electron chi connectivity index (χ2n) is 6.64. The molecule has 0 aromatic rings. The minimum Gasteiger partial charge on any atom is -0.458 e. The summed E-state index contributed by atoms with van der Waals surface area (Å²) in [5.41, 5.74) is 0. The second-order valence-corrected chi connectivity index (χ2v) is 8.09. The first-order valence-electron chi connectivity index (χ1n) is 9.94. The van der Waals surface area contributed by atoms with Crippen molar-refractivity contribution in [1.82, 2.24) is 0 Å². The topological polar surface area (TPSA) is 149 Å². The summed E-state index contributed by atoms with van der Waals surface area (Å²) in [6.45, 7) is 0.957. The van der Waals surface area contributed by atoms with E-state index < -0.39 is 58.4 Å². The lowest BCUT2D eigenvalue weighted by Crippen LogP contribution is -2.28. The number of hydrogen-bond acceptors (Lipinski definition) is 9. The van der Waals surface area contributed by atoms with Gasteiger partial charge in [0.1, 0.15) is 12.2 Å². The van der Waals surface area contributed by atoms with Crippen LogP contribution in [0.15, 0.2) is 0 Å². The number of esters is 2. The zero-order chi connectivity index (χ0) is 22.1. The van der Waals surface area contributed by atoms with Gasteiger partial charge in [0.25, 0.3) is 0 Å². The van der Waals surface area contributed by atoms with Gasteiger partial charge in [0.15, 0.2) is 0 Å². The third-order valence-electron chi connectivity index (χ3n) is 3.87. The highest BCUT2D eigenvalue weighted by Gasteiger charge is 2.27. The van der Waals surface area contributed by atoms with Crippen molar-refractivity contribution in [2.45, 2.75) is 77.4 Å². The van der Waals surface area contributed by atoms with E-state index in [4.69, 9.17) is 14.4 Å². The molecule has 11 heteroatoms. The Morgan fingerprint density at radius 2 is 1.34 bits per heavy atom. The molecule has 0 radical (unpaired) electrons. The summed E-state index contributed by atoms with van der Waals surface area (Å²) in [5.74, 6) is -1.21. The Morgan fingerprint density at radius 3 is 1.83 bits per heavy atom. The van der Waals surface area contributed by atoms with E-state index in [1.54, 1.807) is 0 Å². The van der Waals surface area contributed by atoms with Gasteiger partial charge in [0, 0.05) is 13.3 Å². The zero-order valence-electron chi connectivity index (χ0n) is 17.3. The van der Waals surface area contributed by atoms with Crippen LogP contribution in [0.2, 0.25) is 0 Å². The van der Waals surface area contributed by atoms with Crippen LogP contribution >= 0.6 is 7.82 Å². The molecule has 0 aromatic carbocycles. The van der Waals surface area contributed by atoms with E-state index in [9.17, 15) is 24.2 Å². The van der Waals surface area contributed by atoms with Crippen molar-refractivity contribution in [3.8, 4) is 0 Å². The molecule has 0 bridgehead atoms. The van der Waals surface area contributed by atoms with Gasteiger partial charge in [-0.1, -0.05) is 45.4 Å². The zero-order valence-corrected chi connectivity index (χ0v) is 18.2. The van der Waals surface area contributed by atoms with Crippen LogP contribution in [0.5, 0.6) is 0 Å². The van der Waals surface area contributed by atoms with E-state index in [1.165, 1.54) is 19.3 Å². The highest BCUT2D eigenvalue weighted by Crippen LogP contribution is 2.43. The molecule has 0 aliphatic heterocycles. The first kappa shape index (κ1) is 28.0. The fourth-order valence-electron chi connectivity index (χ4n) is 2.35. The summed E-state index contributed by atoms with van der Waals surface area (Å²) in [7, 11) is -4.56. The Hall–Kier alpha value is -1.03. The van der Waals surface area contributed by atoms with Gasteiger partial charge < -0.3 is 24.6 Å². The summed E-state index contributed by atoms with van der Waals surface area (Å²) in [4.78, 5) is 32.2. The van der Waals surface area contributed by atoms with Gasteiger partial charge >= 0.3 is 19.8 Å². The summed E-state index contributed by atoms with van der Waals surface area (Å²) in [5, 5.41) is 18.3. The van der Waals surface area contributed by atoms with Crippen LogP contribution in [0, 0.1) is 0 Å². The number of phosphoric ester groups is 1. The highest BCUT2D eigenvalue weighted by atomic mass is 31.2. The van der Waals surface area contributed by atoms with Crippen LogP contribution in [-0.2, 0) is 32.7 Å². The molecule has 0 amide bonds. The summed E-state index contributed by atoms with van der Waals surface area (Å²) in [6, 6.07) is 0. The minimum atomic E-state index is -4.56. The maximum Gasteiger partial charge on any atom is 0.472 e. The van der Waals surface area contributed by atoms with Crippen LogP contribution in [0.4, 0.5) is 0 Å². The van der Waals surface area contributed by atoms with Crippen LogP contribution in [0.25, 0.3) is 0 Å². The van der Waals surface area contributed by atoms with Crippen LogP contribution in [0.3, 0.4) is 0 Å². The fourth-order valence-corrected chi connectivity index (χ4v) is 3.13. The van der Waals surface area contributed by atoms with E-state index in [-0.39, 0.29) is 6.42 Å². The average Bonchev–Trinajstić information content (AvgIpc) is 2.67. The molecular formula is C18H35O10P. The molecule has 3 atom stereocenters. The molecule has 0 heterocycles. The van der Waals surface area contributed by atoms with Crippen LogP contribution in [0.1, 0.15) is 65.2 Å². The molecule has 3 unspecified atom stereocenters. The Kier molecular flexibility index (Phi) is 16.1. The Bertz CT molecular complexity index is 499. The lowest BCUT2D eigenvalue weighted by atomic mass is 10.1. The predicted molar refractivity (Wildman–Crippen MR) is 104 cm³/mol. The maximum atomic E-state index is 11.8. The molecule has 0 saturated carbocycles. The van der Waals surface area contributed by atoms with Crippen LogP contribution < -0.4 is 0 Å². The number of phosphoric acid groups is 1. The molecule has 3 N–H and O–H groups in total. The first-order chi connectivity index (χ1) is 13.7. The van der Waals surface area contributed by atoms with Crippen molar-refractivity contribution in [2.24, 2.45) is 0 Å². The SMILES string of the molecule is CCCCCCCCCC(=O)OC(CO)COP(=O)(O)OCC(CO)OC(C)=O. The molecular weight excluding hydrogens is 407 g/mol. The number of hydrogen-bond donors (Lipinski definition) is 3. The van der Waals surface area contributed by atoms with Crippen molar-refractivity contribution in [3.05, 3.63) is 0 Å². The van der Waals surface area contributed by atoms with Gasteiger partial charge in [-0.25, -0.2) is 4.57 Å². The van der Waals surface area contributed by atoms with Crippen molar-refractivity contribution in [2.75, 3.05) is 26.4 Å². The fraction of sp³-hybridized carbons (Fsp3) is 0.889. The van der Waals surface area contributed by atoms with Gasteiger partial charge in [0.2, 0.25) is 0 Å². The number of unbranched alkanes of at least 4 members (excludes halogenated alkanes) is 6. The molecule has 0 saturated heterocycles. The molecule has 29 heavy (non-hydrogen) atoms. The third-order valence-corrected chi connectivity index (χ3v) is 4.82. The van der Waals surface area contributed by atoms with Crippen molar-refractivity contribution < 1.29 is 47.8 Å². The van der Waals surface area contributed by atoms with Crippen molar-refractivity contribution >= 4 is 19.8 Å². The van der Waals surface area contributed by atoms with Gasteiger partial charge in [-0.2, -0.15) is 0 Å². The number of carbonyl (C=O) groups excluding carboxylic acids is 2. The molecule has 0 rings (SSSR count). The second kappa shape index (κ2) is 16.7. The summed E-state index contributed by atoms with van der Waals surface area (Å²) >= 11 is 0. The minimum absolute atomic E-state index is 0.193. The van der Waals surface area contributed by atoms with Gasteiger partial charge in [-0.15, -0.1) is 0 Å². The number of carbonyl (C=O) groups is 2. The van der Waals surface area contributed by atoms with E-state index in [2.05, 4.69) is 16.2 Å². The molecule has 0 aliphatic carbocycles. The van der Waals surface area contributed by atoms with E-state index in [1.807, 2.05) is 0 Å².